The number of halogens is 1. The minimum atomic E-state index is -1.55. The lowest BCUT2D eigenvalue weighted by molar-refractivity contribution is 0.0548. The summed E-state index contributed by atoms with van der Waals surface area (Å²) in [5.41, 5.74) is 4.28. The van der Waals surface area contributed by atoms with Crippen molar-refractivity contribution >= 4 is 21.9 Å². The summed E-state index contributed by atoms with van der Waals surface area (Å²) in [7, 11) is 0. The summed E-state index contributed by atoms with van der Waals surface area (Å²) >= 11 is 0. The van der Waals surface area contributed by atoms with Crippen molar-refractivity contribution in [3.05, 3.63) is 77.3 Å². The largest absolute Gasteiger partial charge is 0.386 e. The molecule has 0 radical (unpaired) electrons. The molecule has 1 N–H and O–H groups in total. The van der Waals surface area contributed by atoms with Crippen LogP contribution in [0.25, 0.3) is 33.1 Å². The van der Waals surface area contributed by atoms with E-state index in [0.29, 0.717) is 53.9 Å². The molecule has 1 atom stereocenters. The molecule has 0 saturated carbocycles. The fourth-order valence-corrected chi connectivity index (χ4v) is 5.63. The minimum absolute atomic E-state index is 0.236. The van der Waals surface area contributed by atoms with Crippen molar-refractivity contribution in [3.63, 3.8) is 0 Å². The van der Waals surface area contributed by atoms with Crippen LogP contribution in [0.5, 0.6) is 0 Å². The molecule has 0 spiro atoms. The number of pyridine rings is 2. The normalized spacial score (nSPS) is 17.2. The fraction of sp³-hybridized carbons (Fsp3) is 0.367. The van der Waals surface area contributed by atoms with Crippen LogP contribution in [0, 0.1) is 25.6 Å². The molecule has 6 rings (SSSR count). The predicted molar refractivity (Wildman–Crippen MR) is 143 cm³/mol. The van der Waals surface area contributed by atoms with E-state index in [1.165, 1.54) is 12.4 Å². The zero-order chi connectivity index (χ0) is 27.5. The predicted octanol–water partition coefficient (Wildman–Crippen LogP) is 6.24. The Morgan fingerprint density at radius 2 is 1.92 bits per heavy atom. The smallest absolute Gasteiger partial charge is 0.146 e. The Kier molecular flexibility index (Phi) is 5.74. The van der Waals surface area contributed by atoms with Gasteiger partial charge in [-0.15, -0.1) is 0 Å². The zero-order valence-electron chi connectivity index (χ0n) is 23.0. The van der Waals surface area contributed by atoms with Crippen LogP contribution in [0.3, 0.4) is 0 Å². The second kappa shape index (κ2) is 9.29. The number of hydrogen-bond acceptors (Lipinski definition) is 6. The number of hydrogen-bond donors (Lipinski definition) is 1. The number of aromatic nitrogens is 4. The molecule has 7 nitrogen and oxygen atoms in total. The van der Waals surface area contributed by atoms with E-state index in [-0.39, 0.29) is 11.5 Å². The molecule has 1 aliphatic rings. The van der Waals surface area contributed by atoms with Crippen molar-refractivity contribution in [2.75, 3.05) is 13.2 Å². The maximum atomic E-state index is 15.6. The second-order valence-electron chi connectivity index (χ2n) is 10.5. The highest BCUT2D eigenvalue weighted by Crippen LogP contribution is 2.42. The lowest BCUT2D eigenvalue weighted by Gasteiger charge is -2.33. The molecule has 8 heteroatoms. The summed E-state index contributed by atoms with van der Waals surface area (Å²) in [5.74, 6) is -0.125. The van der Waals surface area contributed by atoms with Gasteiger partial charge in [0.2, 0.25) is 0 Å². The average molecular weight is 516 g/mol. The van der Waals surface area contributed by atoms with E-state index in [2.05, 4.69) is 10.1 Å². The molecule has 1 fully saturated rings. The van der Waals surface area contributed by atoms with Gasteiger partial charge in [-0.05, 0) is 70.2 Å². The van der Waals surface area contributed by atoms with Gasteiger partial charge in [0.1, 0.15) is 11.6 Å². The van der Waals surface area contributed by atoms with Crippen molar-refractivity contribution in [3.8, 4) is 11.1 Å². The number of fused-ring (bicyclic) bond motifs is 3. The van der Waals surface area contributed by atoms with Gasteiger partial charge in [0.15, 0.2) is 0 Å². The molecular formula is C30H31FN4O3. The van der Waals surface area contributed by atoms with Gasteiger partial charge in [0, 0.05) is 47.7 Å². The molecule has 4 aromatic heterocycles. The van der Waals surface area contributed by atoms with Crippen molar-refractivity contribution in [2.45, 2.75) is 52.2 Å². The van der Waals surface area contributed by atoms with E-state index < -0.39 is 17.4 Å². The van der Waals surface area contributed by atoms with Crippen molar-refractivity contribution < 1.29 is 20.1 Å². The van der Waals surface area contributed by atoms with Crippen molar-refractivity contribution in [1.29, 1.82) is 0 Å². The third kappa shape index (κ3) is 4.08. The lowest BCUT2D eigenvalue weighted by Crippen LogP contribution is -2.27. The third-order valence-corrected chi connectivity index (χ3v) is 7.53. The van der Waals surface area contributed by atoms with Crippen LogP contribution >= 0.6 is 0 Å². The van der Waals surface area contributed by atoms with Gasteiger partial charge in [-0.3, -0.25) is 9.97 Å². The Morgan fingerprint density at radius 3 is 2.61 bits per heavy atom. The molecule has 1 unspecified atom stereocenters. The highest BCUT2D eigenvalue weighted by atomic mass is 19.1. The number of ether oxygens (including phenoxy) is 1. The first kappa shape index (κ1) is 23.5. The van der Waals surface area contributed by atoms with Gasteiger partial charge >= 0.3 is 0 Å². The quantitative estimate of drug-likeness (QED) is 0.298. The highest BCUT2D eigenvalue weighted by Gasteiger charge is 2.32. The maximum Gasteiger partial charge on any atom is 0.146 e. The number of rotatable bonds is 5. The number of aliphatic hydroxyl groups is 1. The summed E-state index contributed by atoms with van der Waals surface area (Å²) in [4.78, 5) is 8.84. The molecule has 38 heavy (non-hydrogen) atoms. The molecular weight excluding hydrogens is 483 g/mol. The number of aryl methyl sites for hydroxylation is 2. The standard InChI is InChI=1S/C30H31FN4O3/c1-17-27(18(2)38-34-17)20-13-26-28(33-15-20)23-6-5-21(30(3,4)36)14-25(23)35(26)29(19-8-11-37-12-9-19)22-7-10-32-16-24(22)31/h5-7,10,13-16,19,29,36H,8-9,11-12H2,1-4H3/i29D. The van der Waals surface area contributed by atoms with Gasteiger partial charge in [-0.1, -0.05) is 17.3 Å². The second-order valence-corrected chi connectivity index (χ2v) is 10.5. The highest BCUT2D eigenvalue weighted by molar-refractivity contribution is 6.07. The van der Waals surface area contributed by atoms with E-state index in [0.717, 1.165) is 22.2 Å². The first-order chi connectivity index (χ1) is 18.6. The minimum Gasteiger partial charge on any atom is -0.386 e. The Bertz CT molecular complexity index is 1680. The van der Waals surface area contributed by atoms with Gasteiger partial charge in [-0.25, -0.2) is 4.39 Å². The zero-order valence-corrected chi connectivity index (χ0v) is 22.0. The van der Waals surface area contributed by atoms with Crippen LogP contribution in [-0.2, 0) is 10.3 Å². The maximum absolute atomic E-state index is 15.6. The van der Waals surface area contributed by atoms with Crippen LogP contribution in [0.1, 0.15) is 56.7 Å². The van der Waals surface area contributed by atoms with Gasteiger partial charge in [0.25, 0.3) is 0 Å². The first-order valence-corrected chi connectivity index (χ1v) is 12.9. The summed E-state index contributed by atoms with van der Waals surface area (Å²) in [6, 6.07) is 7.74. The van der Waals surface area contributed by atoms with Crippen molar-refractivity contribution in [2.24, 2.45) is 5.92 Å². The molecule has 1 aliphatic heterocycles. The molecule has 5 heterocycles. The molecule has 196 valence electrons. The van der Waals surface area contributed by atoms with Gasteiger partial charge < -0.3 is 18.9 Å². The Labute approximate surface area is 221 Å². The molecule has 0 bridgehead atoms. The molecule has 1 saturated heterocycles. The molecule has 5 aromatic rings. The SMILES string of the molecule is [2H]C(c1ccncc1F)(C1CCOCC1)n1c2cc(C(C)(C)O)ccc2c2ncc(-c3c(C)noc3C)cc21. The van der Waals surface area contributed by atoms with E-state index >= 15 is 4.39 Å². The Morgan fingerprint density at radius 1 is 1.13 bits per heavy atom. The Balaban J connectivity index is 1.76. The first-order valence-electron chi connectivity index (χ1n) is 13.4. The summed E-state index contributed by atoms with van der Waals surface area (Å²) in [5, 5.41) is 15.8. The van der Waals surface area contributed by atoms with E-state index in [4.69, 9.17) is 14.2 Å². The Hall–Kier alpha value is -3.62. The van der Waals surface area contributed by atoms with Crippen LogP contribution in [0.15, 0.2) is 53.4 Å². The fourth-order valence-electron chi connectivity index (χ4n) is 5.63. The van der Waals surface area contributed by atoms with Crippen LogP contribution in [0.2, 0.25) is 0 Å². The van der Waals surface area contributed by atoms with E-state index in [1.807, 2.05) is 42.7 Å². The van der Waals surface area contributed by atoms with E-state index in [1.54, 1.807) is 26.1 Å². The van der Waals surface area contributed by atoms with Crippen LogP contribution in [-0.4, -0.2) is 38.0 Å². The molecule has 1 aromatic carbocycles. The summed E-state index contributed by atoms with van der Waals surface area (Å²) in [6.45, 7) is 8.17. The average Bonchev–Trinajstić information content (AvgIpc) is 3.43. The van der Waals surface area contributed by atoms with Gasteiger partial charge in [0.05, 0.1) is 41.4 Å². The topological polar surface area (TPSA) is 86.2 Å². The van der Waals surface area contributed by atoms with Crippen LogP contribution in [0.4, 0.5) is 4.39 Å². The van der Waals surface area contributed by atoms with Gasteiger partial charge in [-0.2, -0.15) is 0 Å². The van der Waals surface area contributed by atoms with Crippen molar-refractivity contribution in [1.82, 2.24) is 19.7 Å². The van der Waals surface area contributed by atoms with E-state index in [9.17, 15) is 6.48 Å². The number of benzene rings is 1. The summed E-state index contributed by atoms with van der Waals surface area (Å²) < 4.78 is 38.8. The van der Waals surface area contributed by atoms with Crippen LogP contribution < -0.4 is 0 Å². The summed E-state index contributed by atoms with van der Waals surface area (Å²) in [6.07, 6.45) is 5.67. The monoisotopic (exact) mass is 515 g/mol. The lowest BCUT2D eigenvalue weighted by atomic mass is 9.86. The molecule has 0 aliphatic carbocycles. The third-order valence-electron chi connectivity index (χ3n) is 7.53. The molecule has 0 amide bonds. The number of nitrogens with zero attached hydrogens (tertiary/aromatic N) is 4.